The quantitative estimate of drug-likeness (QED) is 0.475. The molecule has 164 valence electrons. The second-order valence-corrected chi connectivity index (χ2v) is 7.40. The van der Waals surface area contributed by atoms with Crippen LogP contribution in [0, 0.1) is 6.92 Å². The molecule has 0 spiro atoms. The predicted octanol–water partition coefficient (Wildman–Crippen LogP) is 0.970. The van der Waals surface area contributed by atoms with Gasteiger partial charge in [0.15, 0.2) is 23.9 Å². The maximum atomic E-state index is 12.6. The fraction of sp³-hybridized carbons (Fsp3) is 0.348. The monoisotopic (exact) mass is 425 g/mol. The average Bonchev–Trinajstić information content (AvgIpc) is 2.77. The van der Waals surface area contributed by atoms with E-state index in [0.29, 0.717) is 47.9 Å². The number of H-pyrrole nitrogens is 1. The first-order chi connectivity index (χ1) is 14.9. The van der Waals surface area contributed by atoms with Crippen LogP contribution >= 0.6 is 0 Å². The van der Waals surface area contributed by atoms with Gasteiger partial charge in [0.1, 0.15) is 6.54 Å². The maximum absolute atomic E-state index is 12.6. The molecule has 8 nitrogen and oxygen atoms in total. The minimum Gasteiger partial charge on any atom is -0.493 e. The Labute approximate surface area is 181 Å². The first-order valence-corrected chi connectivity index (χ1v) is 10.2. The zero-order valence-electron chi connectivity index (χ0n) is 18.4. The van der Waals surface area contributed by atoms with Crippen LogP contribution < -0.4 is 25.2 Å². The number of hydrogen-bond donors (Lipinski definition) is 3. The number of amides is 1. The number of benzene rings is 2. The number of nitrogens with one attached hydrogen (secondary N) is 3. The molecule has 1 unspecified atom stereocenters. The highest BCUT2D eigenvalue weighted by Crippen LogP contribution is 2.29. The topological polar surface area (TPSA) is 97.8 Å². The minimum atomic E-state index is -0.250. The van der Waals surface area contributed by atoms with E-state index in [-0.39, 0.29) is 18.0 Å². The van der Waals surface area contributed by atoms with Crippen molar-refractivity contribution in [2.75, 3.05) is 27.3 Å². The van der Waals surface area contributed by atoms with Gasteiger partial charge < -0.3 is 24.7 Å². The molecule has 3 rings (SSSR count). The van der Waals surface area contributed by atoms with Gasteiger partial charge in [-0.25, -0.2) is 4.98 Å². The number of aryl methyl sites for hydroxylation is 1. The summed E-state index contributed by atoms with van der Waals surface area (Å²) in [4.78, 5) is 33.4. The average molecular weight is 426 g/mol. The number of aromatic nitrogens is 2. The van der Waals surface area contributed by atoms with Crippen LogP contribution in [0.15, 0.2) is 41.2 Å². The molecule has 0 aliphatic rings. The van der Waals surface area contributed by atoms with Crippen LogP contribution in [-0.4, -0.2) is 43.2 Å². The van der Waals surface area contributed by atoms with E-state index in [1.165, 1.54) is 14.2 Å². The summed E-state index contributed by atoms with van der Waals surface area (Å²) in [5, 5.41) is 3.40. The Hall–Kier alpha value is -3.39. The van der Waals surface area contributed by atoms with E-state index in [9.17, 15) is 9.59 Å². The normalized spacial score (nSPS) is 11.9. The third-order valence-corrected chi connectivity index (χ3v) is 5.32. The van der Waals surface area contributed by atoms with Crippen LogP contribution in [0.2, 0.25) is 0 Å². The fourth-order valence-electron chi connectivity index (χ4n) is 3.44. The van der Waals surface area contributed by atoms with Crippen LogP contribution in [0.4, 0.5) is 0 Å². The molecule has 8 heteroatoms. The zero-order chi connectivity index (χ0) is 22.4. The van der Waals surface area contributed by atoms with Gasteiger partial charge in [0, 0.05) is 12.6 Å². The number of rotatable bonds is 9. The van der Waals surface area contributed by atoms with Crippen molar-refractivity contribution in [1.82, 2.24) is 15.3 Å². The van der Waals surface area contributed by atoms with Crippen molar-refractivity contribution in [3.8, 4) is 11.5 Å². The van der Waals surface area contributed by atoms with Crippen molar-refractivity contribution in [1.29, 1.82) is 0 Å². The Kier molecular flexibility index (Phi) is 7.25. The van der Waals surface area contributed by atoms with Gasteiger partial charge >= 0.3 is 0 Å². The summed E-state index contributed by atoms with van der Waals surface area (Å²) in [5.41, 5.74) is 2.52. The van der Waals surface area contributed by atoms with E-state index in [1.54, 1.807) is 12.1 Å². The van der Waals surface area contributed by atoms with Gasteiger partial charge in [0.25, 0.3) is 11.5 Å². The summed E-state index contributed by atoms with van der Waals surface area (Å²) in [7, 11) is 3.06. The number of carbonyl (C=O) groups is 1. The number of quaternary nitrogens is 1. The molecule has 0 fully saturated rings. The van der Waals surface area contributed by atoms with Crippen molar-refractivity contribution in [2.45, 2.75) is 26.9 Å². The summed E-state index contributed by atoms with van der Waals surface area (Å²) in [6.07, 6.45) is 0. The molecule has 0 bridgehead atoms. The molecule has 1 aromatic heterocycles. The lowest BCUT2D eigenvalue weighted by atomic mass is 10.1. The molecule has 31 heavy (non-hydrogen) atoms. The van der Waals surface area contributed by atoms with Gasteiger partial charge in [-0.05, 0) is 31.0 Å². The number of ether oxygens (including phenoxy) is 2. The molecule has 0 aliphatic heterocycles. The highest BCUT2D eigenvalue weighted by atomic mass is 16.5. The minimum absolute atomic E-state index is 0.0466. The number of nitrogens with zero attached hydrogens (tertiary/aromatic N) is 1. The van der Waals surface area contributed by atoms with E-state index in [2.05, 4.69) is 15.3 Å². The lowest BCUT2D eigenvalue weighted by molar-refractivity contribution is -0.904. The van der Waals surface area contributed by atoms with E-state index < -0.39 is 0 Å². The second-order valence-electron chi connectivity index (χ2n) is 7.40. The molecule has 1 atom stereocenters. The molecule has 0 radical (unpaired) electrons. The molecule has 3 N–H and O–H groups in total. The Morgan fingerprint density at radius 2 is 1.87 bits per heavy atom. The molecule has 3 aromatic rings. The SMILES string of the molecule is CC[NH+](CC(=O)NCc1ccccc1C)Cc1nc2cc(OC)c(OC)cc2c(=O)[nH]1. The first-order valence-electron chi connectivity index (χ1n) is 10.2. The fourth-order valence-corrected chi connectivity index (χ4v) is 3.44. The summed E-state index contributed by atoms with van der Waals surface area (Å²) in [5.74, 6) is 1.46. The zero-order valence-corrected chi connectivity index (χ0v) is 18.4. The van der Waals surface area contributed by atoms with Crippen molar-refractivity contribution >= 4 is 16.8 Å². The van der Waals surface area contributed by atoms with Crippen LogP contribution in [0.1, 0.15) is 23.9 Å². The first kappa shape index (κ1) is 22.3. The third-order valence-electron chi connectivity index (χ3n) is 5.32. The van der Waals surface area contributed by atoms with Gasteiger partial charge in [-0.2, -0.15) is 0 Å². The second kappa shape index (κ2) is 10.1. The van der Waals surface area contributed by atoms with Crippen molar-refractivity contribution in [2.24, 2.45) is 0 Å². The van der Waals surface area contributed by atoms with Crippen molar-refractivity contribution in [3.05, 3.63) is 63.7 Å². The maximum Gasteiger partial charge on any atom is 0.275 e. The Balaban J connectivity index is 1.71. The molecule has 0 saturated carbocycles. The van der Waals surface area contributed by atoms with Crippen LogP contribution in [0.3, 0.4) is 0 Å². The largest absolute Gasteiger partial charge is 0.493 e. The number of aromatic amines is 1. The highest BCUT2D eigenvalue weighted by molar-refractivity contribution is 5.81. The Morgan fingerprint density at radius 1 is 1.16 bits per heavy atom. The molecule has 1 heterocycles. The lowest BCUT2D eigenvalue weighted by Crippen LogP contribution is -3.11. The third kappa shape index (κ3) is 5.40. The van der Waals surface area contributed by atoms with E-state index in [0.717, 1.165) is 16.0 Å². The standard InChI is InChI=1S/C23H28N4O4/c1-5-27(14-22(28)24-12-16-9-7-6-8-15(16)2)13-21-25-18-11-20(31-4)19(30-3)10-17(18)23(29)26-21/h6-11H,5,12-14H2,1-4H3,(H,24,28)(H,25,26,29)/p+1. The smallest absolute Gasteiger partial charge is 0.275 e. The lowest BCUT2D eigenvalue weighted by Gasteiger charge is -2.17. The predicted molar refractivity (Wildman–Crippen MR) is 119 cm³/mol. The van der Waals surface area contributed by atoms with E-state index in [4.69, 9.17) is 9.47 Å². The number of likely N-dealkylation sites (N-methyl/N-ethyl adjacent to an activating group) is 1. The van der Waals surface area contributed by atoms with Crippen LogP contribution in [0.5, 0.6) is 11.5 Å². The van der Waals surface area contributed by atoms with Gasteiger partial charge in [-0.1, -0.05) is 24.3 Å². The Bertz CT molecular complexity index is 1130. The summed E-state index contributed by atoms with van der Waals surface area (Å²) < 4.78 is 10.6. The van der Waals surface area contributed by atoms with Gasteiger partial charge in [0.05, 0.1) is 31.7 Å². The number of fused-ring (bicyclic) bond motifs is 1. The van der Waals surface area contributed by atoms with Gasteiger partial charge in [-0.15, -0.1) is 0 Å². The summed E-state index contributed by atoms with van der Waals surface area (Å²) >= 11 is 0. The molecule has 0 aliphatic carbocycles. The van der Waals surface area contributed by atoms with Gasteiger partial charge in [0.2, 0.25) is 0 Å². The van der Waals surface area contributed by atoms with Crippen molar-refractivity contribution < 1.29 is 19.2 Å². The molecule has 0 saturated heterocycles. The van der Waals surface area contributed by atoms with Crippen molar-refractivity contribution in [3.63, 3.8) is 0 Å². The number of carbonyl (C=O) groups excluding carboxylic acids is 1. The van der Waals surface area contributed by atoms with E-state index >= 15 is 0 Å². The van der Waals surface area contributed by atoms with Gasteiger partial charge in [-0.3, -0.25) is 9.59 Å². The van der Waals surface area contributed by atoms with Crippen LogP contribution in [-0.2, 0) is 17.9 Å². The molecule has 2 aromatic carbocycles. The van der Waals surface area contributed by atoms with Crippen LogP contribution in [0.25, 0.3) is 10.9 Å². The molecular weight excluding hydrogens is 396 g/mol. The number of hydrogen-bond acceptors (Lipinski definition) is 5. The molecule has 1 amide bonds. The number of methoxy groups -OCH3 is 2. The highest BCUT2D eigenvalue weighted by Gasteiger charge is 2.17. The molecular formula is C23H29N4O4+. The Morgan fingerprint density at radius 3 is 2.55 bits per heavy atom. The summed E-state index contributed by atoms with van der Waals surface area (Å²) in [6.45, 7) is 5.94. The summed E-state index contributed by atoms with van der Waals surface area (Å²) in [6, 6.07) is 11.3. The van der Waals surface area contributed by atoms with E-state index in [1.807, 2.05) is 38.1 Å².